The number of alkyl carbamates (subject to hydrolysis) is 2. The van der Waals surface area contributed by atoms with Gasteiger partial charge in [0.2, 0.25) is 11.8 Å². The Labute approximate surface area is 475 Å². The van der Waals surface area contributed by atoms with E-state index >= 15 is 0 Å². The van der Waals surface area contributed by atoms with E-state index in [1.165, 1.54) is 25.4 Å². The number of nitrogens with zero attached hydrogens (tertiary/aromatic N) is 3. The lowest BCUT2D eigenvalue weighted by molar-refractivity contribution is -0.223. The number of rotatable bonds is 23. The molecule has 6 fully saturated rings. The third kappa shape index (κ3) is 13.8. The van der Waals surface area contributed by atoms with E-state index in [1.807, 2.05) is 53.7 Å². The van der Waals surface area contributed by atoms with Crippen LogP contribution in [0.4, 0.5) is 15.3 Å². The molecule has 2 aliphatic carbocycles. The summed E-state index contributed by atoms with van der Waals surface area (Å²) in [6.07, 6.45) is 4.39. The number of methoxy groups -OCH3 is 2. The molecule has 0 bridgehead atoms. The van der Waals surface area contributed by atoms with E-state index in [-0.39, 0.29) is 62.4 Å². The smallest absolute Gasteiger partial charge is 0.407 e. The number of halogens is 1. The van der Waals surface area contributed by atoms with E-state index in [0.29, 0.717) is 76.7 Å². The number of hydrogen-bond donors (Lipinski definition) is 7. The number of benzene rings is 2. The number of phenolic OH excluding ortho intramolecular Hbond substituents is 1. The zero-order valence-electron chi connectivity index (χ0n) is 46.4. The van der Waals surface area contributed by atoms with Gasteiger partial charge in [0.25, 0.3) is 0 Å². The van der Waals surface area contributed by atoms with Gasteiger partial charge in [0, 0.05) is 61.7 Å². The van der Waals surface area contributed by atoms with Crippen LogP contribution in [0.2, 0.25) is 0 Å². The van der Waals surface area contributed by atoms with E-state index in [9.17, 15) is 34.5 Å². The van der Waals surface area contributed by atoms with Gasteiger partial charge in [0.15, 0.2) is 11.2 Å². The van der Waals surface area contributed by atoms with E-state index < -0.39 is 70.2 Å². The molecule has 22 nitrogen and oxygen atoms in total. The van der Waals surface area contributed by atoms with Crippen LogP contribution in [0.1, 0.15) is 104 Å². The van der Waals surface area contributed by atoms with Crippen molar-refractivity contribution in [3.05, 3.63) is 90.9 Å². The minimum atomic E-state index is -1.49. The van der Waals surface area contributed by atoms with Crippen LogP contribution in [0.3, 0.4) is 0 Å². The number of carbonyl (C=O) groups excluding carboxylic acids is 4. The summed E-state index contributed by atoms with van der Waals surface area (Å²) in [7, 11) is 2.99. The summed E-state index contributed by atoms with van der Waals surface area (Å²) in [6.45, 7) is 13.5. The predicted octanol–water partition coefficient (Wildman–Crippen LogP) is 6.56. The zero-order chi connectivity index (χ0) is 57.4. The van der Waals surface area contributed by atoms with Crippen LogP contribution in [-0.4, -0.2) is 163 Å². The van der Waals surface area contributed by atoms with Crippen molar-refractivity contribution >= 4 is 52.3 Å². The van der Waals surface area contributed by atoms with Gasteiger partial charge in [-0.15, -0.1) is 0 Å². The molecule has 23 heteroatoms. The SMILES string of the molecule is COC1C(OC(=O)NCCNC(=O)CCc2ccc(N=[N+]=[N-])c([125I])c2)CCC2(CO2)C1(O)C1(C)OC1CC=C(C)C.COC1C(OC(=O)NCCNC(=O)CCc2ccc(O)cc2)CCC2(CO2)C1(O)C1(C)OC1CC=C(C)C. The average Bonchev–Trinajstić information content (AvgIpc) is 4.45. The number of phenols is 1. The maximum atomic E-state index is 12.6. The van der Waals surface area contributed by atoms with Crippen molar-refractivity contribution in [3.63, 3.8) is 0 Å². The van der Waals surface area contributed by atoms with Gasteiger partial charge in [0.1, 0.15) is 52.6 Å². The van der Waals surface area contributed by atoms with Gasteiger partial charge in [0.05, 0.1) is 31.1 Å². The van der Waals surface area contributed by atoms with Gasteiger partial charge < -0.3 is 74.5 Å². The van der Waals surface area contributed by atoms with Crippen molar-refractivity contribution in [1.82, 2.24) is 21.3 Å². The van der Waals surface area contributed by atoms with Crippen LogP contribution in [0.5, 0.6) is 5.75 Å². The van der Waals surface area contributed by atoms with Gasteiger partial charge in [-0.3, -0.25) is 9.59 Å². The number of aliphatic hydroxyl groups is 2. The third-order valence-corrected chi connectivity index (χ3v) is 17.1. The number of aryl methyl sites for hydroxylation is 2. The van der Waals surface area contributed by atoms with Crippen LogP contribution < -0.4 is 21.3 Å². The lowest BCUT2D eigenvalue weighted by Gasteiger charge is -2.49. The molecule has 4 amide bonds. The monoisotopic (exact) mass is 1210 g/mol. The Balaban J connectivity index is 0.000000229. The number of nitrogens with one attached hydrogen (secondary N) is 4. The molecule has 79 heavy (non-hydrogen) atoms. The van der Waals surface area contributed by atoms with Crippen LogP contribution in [-0.2, 0) is 60.3 Å². The molecule has 6 aliphatic rings. The zero-order valence-corrected chi connectivity index (χ0v) is 48.6. The first-order valence-electron chi connectivity index (χ1n) is 27.0. The normalized spacial score (nSPS) is 32.4. The first-order valence-corrected chi connectivity index (χ1v) is 28.1. The van der Waals surface area contributed by atoms with Gasteiger partial charge in [-0.2, -0.15) is 0 Å². The number of hydrogen-bond acceptors (Lipinski definition) is 16. The summed E-state index contributed by atoms with van der Waals surface area (Å²) < 4.78 is 47.5. The Morgan fingerprint density at radius 1 is 0.709 bits per heavy atom. The van der Waals surface area contributed by atoms with Crippen molar-refractivity contribution in [2.45, 2.75) is 176 Å². The molecule has 2 spiro atoms. The van der Waals surface area contributed by atoms with Crippen LogP contribution in [0, 0.1) is 3.57 Å². The molecular weight excluding hydrogens is 1140 g/mol. The minimum absolute atomic E-state index is 0.139. The Kier molecular flexibility index (Phi) is 20.1. The highest BCUT2D eigenvalue weighted by Crippen LogP contribution is 2.63. The highest BCUT2D eigenvalue weighted by Gasteiger charge is 2.83. The number of amides is 4. The van der Waals surface area contributed by atoms with Crippen molar-refractivity contribution < 1.29 is 72.4 Å². The Hall–Kier alpha value is -5.08. The molecule has 4 heterocycles. The summed E-state index contributed by atoms with van der Waals surface area (Å²) in [6, 6.07) is 12.2. The molecule has 4 saturated heterocycles. The van der Waals surface area contributed by atoms with Gasteiger partial charge in [-0.25, -0.2) is 9.59 Å². The average molecular weight is 1210 g/mol. The fourth-order valence-electron chi connectivity index (χ4n) is 11.5. The molecule has 12 atom stereocenters. The molecule has 2 aromatic rings. The summed E-state index contributed by atoms with van der Waals surface area (Å²) in [4.78, 5) is 52.4. The lowest BCUT2D eigenvalue weighted by Crippen LogP contribution is -2.70. The number of allylic oxidation sites excluding steroid dienone is 2. The highest BCUT2D eigenvalue weighted by atomic mass is 125. The molecule has 0 radical (unpaired) electrons. The number of aromatic hydroxyl groups is 1. The molecule has 0 aromatic heterocycles. The second kappa shape index (κ2) is 25.8. The van der Waals surface area contributed by atoms with Crippen LogP contribution >= 0.6 is 22.6 Å². The number of ether oxygens (including phenoxy) is 8. The number of carbonyl (C=O) groups is 4. The number of epoxide rings is 4. The Morgan fingerprint density at radius 2 is 1.13 bits per heavy atom. The summed E-state index contributed by atoms with van der Waals surface area (Å²) in [5.41, 5.74) is 7.06. The maximum absolute atomic E-state index is 12.6. The fraction of sp³-hybridized carbons (Fsp3) is 0.643. The molecule has 7 N–H and O–H groups in total. The summed E-state index contributed by atoms with van der Waals surface area (Å²) in [5, 5.41) is 48.0. The molecule has 2 aromatic carbocycles. The molecule has 12 unspecified atom stereocenters. The number of azide groups is 1. The van der Waals surface area contributed by atoms with Crippen molar-refractivity contribution in [1.29, 1.82) is 0 Å². The van der Waals surface area contributed by atoms with Gasteiger partial charge in [-0.1, -0.05) is 52.7 Å². The van der Waals surface area contributed by atoms with Crippen molar-refractivity contribution in [3.8, 4) is 5.75 Å². The van der Waals surface area contributed by atoms with Crippen molar-refractivity contribution in [2.24, 2.45) is 5.11 Å². The third-order valence-electron chi connectivity index (χ3n) is 16.3. The lowest BCUT2D eigenvalue weighted by atomic mass is 9.64. The maximum Gasteiger partial charge on any atom is 0.407 e. The Morgan fingerprint density at radius 3 is 1.52 bits per heavy atom. The van der Waals surface area contributed by atoms with E-state index in [1.54, 1.807) is 30.3 Å². The topological polar surface area (TPSA) is 313 Å². The van der Waals surface area contributed by atoms with E-state index in [0.717, 1.165) is 14.7 Å². The first kappa shape index (κ1) is 61.5. The fourth-order valence-corrected chi connectivity index (χ4v) is 12.1. The molecule has 8 rings (SSSR count). The van der Waals surface area contributed by atoms with Gasteiger partial charge >= 0.3 is 12.2 Å². The largest absolute Gasteiger partial charge is 0.508 e. The first-order chi connectivity index (χ1) is 37.5. The Bertz CT molecular complexity index is 2620. The van der Waals surface area contributed by atoms with Gasteiger partial charge in [-0.05, 0) is 150 Å². The van der Waals surface area contributed by atoms with E-state index in [4.69, 9.17) is 43.4 Å². The van der Waals surface area contributed by atoms with Crippen LogP contribution in [0.15, 0.2) is 70.9 Å². The second-order valence-corrected chi connectivity index (χ2v) is 23.2. The molecule has 4 aliphatic heterocycles. The van der Waals surface area contributed by atoms with Crippen molar-refractivity contribution in [2.75, 3.05) is 53.6 Å². The second-order valence-electron chi connectivity index (χ2n) is 22.0. The van der Waals surface area contributed by atoms with Crippen LogP contribution in [0.25, 0.3) is 10.4 Å². The predicted molar refractivity (Wildman–Crippen MR) is 297 cm³/mol. The quantitative estimate of drug-likeness (QED) is 0.0118. The molecule has 2 saturated carbocycles. The summed E-state index contributed by atoms with van der Waals surface area (Å²) >= 11 is 2.09. The minimum Gasteiger partial charge on any atom is -0.508 e. The highest BCUT2D eigenvalue weighted by molar-refractivity contribution is 14.1. The molecule has 434 valence electrons. The van der Waals surface area contributed by atoms with E-state index in [2.05, 4.69) is 66.0 Å². The summed E-state index contributed by atoms with van der Waals surface area (Å²) in [5.74, 6) is -0.105. The molecular formula is C56H78IN7O15. The standard InChI is InChI=1S/C28H38IN5O7.C28H40N2O8/c1-17(2)5-9-22-26(3,41-22)28(37)24(38-4)21(11-12-27(28)16-39-27)40-25(36)32-14-13-31-23(35)10-7-18-6-8-20(33-34-30)19(29)15-18;1-18(2)5-11-22-26(3,38-22)28(34)24(35-4)21(13-14-27(28)17-36-27)37-25(33)30-16-15-29-23(32)12-8-19-6-9-20(31)10-7-19/h5-6,8,15,21-22,24,37H,7,9-14,16H2,1-4H3,(H,31,35)(H,32,36);5-7,9-10,21-22,24,31,34H,8,11-17H2,1-4H3,(H,29,32)(H,30,33)/i29-2;.